The van der Waals surface area contributed by atoms with Gasteiger partial charge in [-0.2, -0.15) is 0 Å². The quantitative estimate of drug-likeness (QED) is 0.450. The summed E-state index contributed by atoms with van der Waals surface area (Å²) in [6.07, 6.45) is 0.278. The maximum Gasteiger partial charge on any atom is 0.232 e. The third-order valence-electron chi connectivity index (χ3n) is 4.56. The number of thiazole rings is 2. The van der Waals surface area contributed by atoms with E-state index in [-0.39, 0.29) is 12.3 Å². The van der Waals surface area contributed by atoms with E-state index in [2.05, 4.69) is 38.7 Å². The van der Waals surface area contributed by atoms with Gasteiger partial charge in [0, 0.05) is 22.0 Å². The molecule has 0 spiro atoms. The summed E-state index contributed by atoms with van der Waals surface area (Å²) < 4.78 is 2.05. The van der Waals surface area contributed by atoms with Gasteiger partial charge in [0.1, 0.15) is 0 Å². The molecule has 0 bridgehead atoms. The molecule has 5 rings (SSSR count). The molecule has 0 radical (unpaired) electrons. The third kappa shape index (κ3) is 3.08. The first-order chi connectivity index (χ1) is 13.7. The molecule has 5 nitrogen and oxygen atoms in total. The molecule has 2 aromatic carbocycles. The first kappa shape index (κ1) is 17.1. The molecule has 0 unspecified atom stereocenters. The van der Waals surface area contributed by atoms with E-state index >= 15 is 0 Å². The maximum absolute atomic E-state index is 12.6. The number of hydrogen-bond donors (Lipinski definition) is 1. The van der Waals surface area contributed by atoms with Crippen LogP contribution < -0.4 is 5.32 Å². The highest BCUT2D eigenvalue weighted by Crippen LogP contribution is 2.26. The lowest BCUT2D eigenvalue weighted by Crippen LogP contribution is -2.15. The number of anilines is 1. The molecule has 0 aliphatic heterocycles. The van der Waals surface area contributed by atoms with Gasteiger partial charge in [-0.25, -0.2) is 9.97 Å². The molecule has 0 saturated heterocycles. The maximum atomic E-state index is 12.6. The number of fused-ring (bicyclic) bond motifs is 3. The van der Waals surface area contributed by atoms with Crippen LogP contribution in [0.2, 0.25) is 0 Å². The number of rotatable bonds is 4. The van der Waals surface area contributed by atoms with E-state index in [1.165, 1.54) is 16.9 Å². The van der Waals surface area contributed by atoms with Crippen LogP contribution in [0.3, 0.4) is 0 Å². The van der Waals surface area contributed by atoms with Crippen LogP contribution in [0.1, 0.15) is 11.3 Å². The van der Waals surface area contributed by atoms with E-state index in [1.807, 2.05) is 47.2 Å². The molecule has 0 atom stereocenters. The van der Waals surface area contributed by atoms with Crippen molar-refractivity contribution in [2.75, 3.05) is 5.32 Å². The van der Waals surface area contributed by atoms with Crippen molar-refractivity contribution in [3.63, 3.8) is 0 Å². The SMILES string of the molecule is Cc1ccc(-c2csc(NC(=O)Cc3csc4nc5ccccc5n34)n2)cc1. The van der Waals surface area contributed by atoms with Crippen LogP contribution in [-0.4, -0.2) is 20.3 Å². The fraction of sp³-hybridized carbons (Fsp3) is 0.0952. The number of nitrogens with one attached hydrogen (secondary N) is 1. The van der Waals surface area contributed by atoms with Gasteiger partial charge in [-0.1, -0.05) is 42.0 Å². The lowest BCUT2D eigenvalue weighted by Gasteiger charge is -2.02. The summed E-state index contributed by atoms with van der Waals surface area (Å²) in [6.45, 7) is 2.06. The molecular weight excluding hydrogens is 388 g/mol. The number of carbonyl (C=O) groups is 1. The Labute approximate surface area is 169 Å². The summed E-state index contributed by atoms with van der Waals surface area (Å²) in [4.78, 5) is 22.7. The van der Waals surface area contributed by atoms with Gasteiger partial charge >= 0.3 is 0 Å². The summed E-state index contributed by atoms with van der Waals surface area (Å²) in [5, 5.41) is 7.50. The Bertz CT molecular complexity index is 1300. The van der Waals surface area contributed by atoms with E-state index in [1.54, 1.807) is 11.3 Å². The summed E-state index contributed by atoms with van der Waals surface area (Å²) in [6, 6.07) is 16.2. The lowest BCUT2D eigenvalue weighted by molar-refractivity contribution is -0.115. The Kier molecular flexibility index (Phi) is 4.18. The Hall–Kier alpha value is -3.03. The number of para-hydroxylation sites is 2. The molecule has 1 N–H and O–H groups in total. The van der Waals surface area contributed by atoms with Crippen molar-refractivity contribution in [1.82, 2.24) is 14.4 Å². The molecule has 1 amide bonds. The van der Waals surface area contributed by atoms with Gasteiger partial charge in [0.25, 0.3) is 0 Å². The van der Waals surface area contributed by atoms with Crippen molar-refractivity contribution in [3.8, 4) is 11.3 Å². The zero-order valence-electron chi connectivity index (χ0n) is 15.0. The molecule has 3 heterocycles. The van der Waals surface area contributed by atoms with Gasteiger partial charge in [0.05, 0.1) is 23.1 Å². The van der Waals surface area contributed by atoms with Crippen LogP contribution in [0.15, 0.2) is 59.3 Å². The smallest absolute Gasteiger partial charge is 0.232 e. The summed E-state index contributed by atoms with van der Waals surface area (Å²) in [7, 11) is 0. The number of hydrogen-bond acceptors (Lipinski definition) is 5. The molecule has 0 saturated carbocycles. The molecule has 7 heteroatoms. The zero-order valence-corrected chi connectivity index (χ0v) is 16.7. The second-order valence-corrected chi connectivity index (χ2v) is 8.27. The predicted octanol–water partition coefficient (Wildman–Crippen LogP) is 5.16. The van der Waals surface area contributed by atoms with Gasteiger partial charge in [-0.05, 0) is 19.1 Å². The number of aromatic nitrogens is 3. The standard InChI is InChI=1S/C21H16N4OS2/c1-13-6-8-14(9-7-13)17-12-27-20(22-17)24-19(26)10-15-11-28-21-23-16-4-2-3-5-18(16)25(15)21/h2-9,11-12H,10H2,1H3,(H,22,24,26). The topological polar surface area (TPSA) is 59.3 Å². The first-order valence-electron chi connectivity index (χ1n) is 8.83. The van der Waals surface area contributed by atoms with Gasteiger partial charge in [0.15, 0.2) is 10.1 Å². The van der Waals surface area contributed by atoms with Crippen LogP contribution >= 0.6 is 22.7 Å². The minimum Gasteiger partial charge on any atom is -0.302 e. The molecule has 0 aliphatic carbocycles. The number of aryl methyl sites for hydroxylation is 1. The van der Waals surface area contributed by atoms with Crippen molar-refractivity contribution >= 4 is 49.7 Å². The Morgan fingerprint density at radius 1 is 1.04 bits per heavy atom. The van der Waals surface area contributed by atoms with E-state index in [0.29, 0.717) is 5.13 Å². The molecule has 0 fully saturated rings. The highest BCUT2D eigenvalue weighted by atomic mass is 32.1. The van der Waals surface area contributed by atoms with Crippen LogP contribution in [0.4, 0.5) is 5.13 Å². The molecule has 3 aromatic heterocycles. The second-order valence-electron chi connectivity index (χ2n) is 6.57. The van der Waals surface area contributed by atoms with Crippen LogP contribution in [0, 0.1) is 6.92 Å². The molecule has 28 heavy (non-hydrogen) atoms. The number of nitrogens with zero attached hydrogens (tertiary/aromatic N) is 3. The fourth-order valence-corrected chi connectivity index (χ4v) is 4.81. The lowest BCUT2D eigenvalue weighted by atomic mass is 10.1. The van der Waals surface area contributed by atoms with E-state index in [9.17, 15) is 4.79 Å². The van der Waals surface area contributed by atoms with Crippen molar-refractivity contribution in [1.29, 1.82) is 0 Å². The van der Waals surface area contributed by atoms with Crippen molar-refractivity contribution in [2.24, 2.45) is 0 Å². The van der Waals surface area contributed by atoms with Crippen LogP contribution in [0.5, 0.6) is 0 Å². The highest BCUT2D eigenvalue weighted by Gasteiger charge is 2.14. The first-order valence-corrected chi connectivity index (χ1v) is 10.6. The fourth-order valence-electron chi connectivity index (χ4n) is 3.17. The van der Waals surface area contributed by atoms with E-state index in [0.717, 1.165) is 32.9 Å². The highest BCUT2D eigenvalue weighted by molar-refractivity contribution is 7.15. The number of amides is 1. The number of imidazole rings is 1. The largest absolute Gasteiger partial charge is 0.302 e. The van der Waals surface area contributed by atoms with Gasteiger partial charge in [0.2, 0.25) is 5.91 Å². The third-order valence-corrected chi connectivity index (χ3v) is 6.19. The molecular formula is C21H16N4OS2. The minimum absolute atomic E-state index is 0.0812. The van der Waals surface area contributed by atoms with Gasteiger partial charge in [-0.15, -0.1) is 22.7 Å². The Morgan fingerprint density at radius 2 is 1.86 bits per heavy atom. The minimum atomic E-state index is -0.0812. The monoisotopic (exact) mass is 404 g/mol. The van der Waals surface area contributed by atoms with Gasteiger partial charge in [-0.3, -0.25) is 9.20 Å². The van der Waals surface area contributed by atoms with E-state index < -0.39 is 0 Å². The predicted molar refractivity (Wildman–Crippen MR) is 115 cm³/mol. The number of carbonyl (C=O) groups excluding carboxylic acids is 1. The average Bonchev–Trinajstić information content (AvgIpc) is 3.39. The molecule has 138 valence electrons. The van der Waals surface area contributed by atoms with E-state index in [4.69, 9.17) is 0 Å². The number of benzene rings is 2. The average molecular weight is 405 g/mol. The van der Waals surface area contributed by atoms with Gasteiger partial charge < -0.3 is 5.32 Å². The second kappa shape index (κ2) is 6.85. The van der Waals surface area contributed by atoms with Crippen LogP contribution in [0.25, 0.3) is 27.3 Å². The van der Waals surface area contributed by atoms with Crippen molar-refractivity contribution in [3.05, 3.63) is 70.5 Å². The summed E-state index contributed by atoms with van der Waals surface area (Å²) in [5.41, 5.74) is 6.03. The molecule has 0 aliphatic rings. The summed E-state index contributed by atoms with van der Waals surface area (Å²) >= 11 is 2.99. The zero-order chi connectivity index (χ0) is 19.1. The summed E-state index contributed by atoms with van der Waals surface area (Å²) in [5.74, 6) is -0.0812. The van der Waals surface area contributed by atoms with Crippen LogP contribution in [-0.2, 0) is 11.2 Å². The Morgan fingerprint density at radius 3 is 2.71 bits per heavy atom. The molecule has 5 aromatic rings. The Balaban J connectivity index is 1.35. The van der Waals surface area contributed by atoms with Crippen molar-refractivity contribution < 1.29 is 4.79 Å². The normalized spacial score (nSPS) is 11.3. The van der Waals surface area contributed by atoms with Crippen molar-refractivity contribution in [2.45, 2.75) is 13.3 Å².